The Balaban J connectivity index is 2.22. The van der Waals surface area contributed by atoms with E-state index in [1.165, 1.54) is 6.07 Å². The molecular formula is C12H16ClFN2O2S. The minimum atomic E-state index is -3.72. The number of hydrogen-bond donors (Lipinski definition) is 2. The summed E-state index contributed by atoms with van der Waals surface area (Å²) in [6.45, 7) is 3.52. The maximum Gasteiger partial charge on any atom is 0.242 e. The molecule has 1 aliphatic heterocycles. The van der Waals surface area contributed by atoms with Crippen molar-refractivity contribution in [2.24, 2.45) is 5.92 Å². The maximum absolute atomic E-state index is 12.9. The standard InChI is InChI=1S/C12H16ClFN2O2S/c1-8-7-15-5-4-11(8)16-19(17,18)12-3-2-9(14)6-10(12)13/h2-3,6,8,11,15-16H,4-5,7H2,1H3. The van der Waals surface area contributed by atoms with Gasteiger partial charge in [0.25, 0.3) is 0 Å². The van der Waals surface area contributed by atoms with Crippen LogP contribution in [0.25, 0.3) is 0 Å². The van der Waals surface area contributed by atoms with Gasteiger partial charge in [0, 0.05) is 6.04 Å². The molecule has 1 aromatic carbocycles. The first kappa shape index (κ1) is 14.7. The van der Waals surface area contributed by atoms with Gasteiger partial charge in [0.05, 0.1) is 5.02 Å². The molecule has 0 radical (unpaired) electrons. The summed E-state index contributed by atoms with van der Waals surface area (Å²) in [4.78, 5) is -0.0821. The third-order valence-corrected chi connectivity index (χ3v) is 5.25. The number of sulfonamides is 1. The first-order chi connectivity index (χ1) is 8.90. The van der Waals surface area contributed by atoms with Crippen molar-refractivity contribution in [3.05, 3.63) is 29.0 Å². The van der Waals surface area contributed by atoms with E-state index in [0.717, 1.165) is 31.6 Å². The summed E-state index contributed by atoms with van der Waals surface area (Å²) in [5, 5.41) is 3.10. The van der Waals surface area contributed by atoms with Crippen molar-refractivity contribution in [3.63, 3.8) is 0 Å². The zero-order valence-corrected chi connectivity index (χ0v) is 12.1. The molecule has 2 N–H and O–H groups in total. The van der Waals surface area contributed by atoms with Crippen LogP contribution in [0.4, 0.5) is 4.39 Å². The van der Waals surface area contributed by atoms with E-state index < -0.39 is 15.8 Å². The van der Waals surface area contributed by atoms with Crippen molar-refractivity contribution in [2.45, 2.75) is 24.3 Å². The third-order valence-electron chi connectivity index (χ3n) is 3.28. The average Bonchev–Trinajstić information content (AvgIpc) is 2.31. The lowest BCUT2D eigenvalue weighted by Gasteiger charge is -2.30. The highest BCUT2D eigenvalue weighted by Crippen LogP contribution is 2.23. The quantitative estimate of drug-likeness (QED) is 0.894. The predicted octanol–water partition coefficient (Wildman–Crippen LogP) is 1.76. The highest BCUT2D eigenvalue weighted by molar-refractivity contribution is 7.89. The molecule has 4 nitrogen and oxygen atoms in total. The highest BCUT2D eigenvalue weighted by atomic mass is 35.5. The second-order valence-corrected chi connectivity index (χ2v) is 6.86. The topological polar surface area (TPSA) is 58.2 Å². The van der Waals surface area contributed by atoms with Crippen molar-refractivity contribution in [1.82, 2.24) is 10.0 Å². The Hall–Kier alpha value is -0.690. The summed E-state index contributed by atoms with van der Waals surface area (Å²) in [7, 11) is -3.72. The summed E-state index contributed by atoms with van der Waals surface area (Å²) in [5.74, 6) is -0.359. The smallest absolute Gasteiger partial charge is 0.242 e. The van der Waals surface area contributed by atoms with Gasteiger partial charge in [-0.1, -0.05) is 18.5 Å². The molecule has 19 heavy (non-hydrogen) atoms. The molecule has 0 saturated carbocycles. The van der Waals surface area contributed by atoms with Gasteiger partial charge in [-0.2, -0.15) is 0 Å². The molecule has 1 aliphatic rings. The zero-order chi connectivity index (χ0) is 14.0. The van der Waals surface area contributed by atoms with Gasteiger partial charge >= 0.3 is 0 Å². The van der Waals surface area contributed by atoms with E-state index >= 15 is 0 Å². The van der Waals surface area contributed by atoms with E-state index in [-0.39, 0.29) is 21.9 Å². The normalized spacial score (nSPS) is 24.4. The Morgan fingerprint density at radius 2 is 2.21 bits per heavy atom. The molecular weight excluding hydrogens is 291 g/mol. The Labute approximate surface area is 117 Å². The molecule has 1 heterocycles. The van der Waals surface area contributed by atoms with Gasteiger partial charge in [0.15, 0.2) is 0 Å². The van der Waals surface area contributed by atoms with Crippen molar-refractivity contribution >= 4 is 21.6 Å². The van der Waals surface area contributed by atoms with Crippen LogP contribution in [0.1, 0.15) is 13.3 Å². The van der Waals surface area contributed by atoms with E-state index in [1.807, 2.05) is 6.92 Å². The number of benzene rings is 1. The SMILES string of the molecule is CC1CNCCC1NS(=O)(=O)c1ccc(F)cc1Cl. The lowest BCUT2D eigenvalue weighted by atomic mass is 9.97. The van der Waals surface area contributed by atoms with E-state index in [9.17, 15) is 12.8 Å². The molecule has 2 atom stereocenters. The van der Waals surface area contributed by atoms with Gasteiger partial charge in [0.1, 0.15) is 10.7 Å². The van der Waals surface area contributed by atoms with Gasteiger partial charge in [-0.25, -0.2) is 17.5 Å². The minimum absolute atomic E-state index is 0.0821. The molecule has 0 spiro atoms. The van der Waals surface area contributed by atoms with Crippen molar-refractivity contribution in [1.29, 1.82) is 0 Å². The van der Waals surface area contributed by atoms with Gasteiger partial charge in [-0.3, -0.25) is 0 Å². The Morgan fingerprint density at radius 3 is 2.84 bits per heavy atom. The first-order valence-corrected chi connectivity index (χ1v) is 7.94. The second kappa shape index (κ2) is 5.75. The molecule has 2 unspecified atom stereocenters. The van der Waals surface area contributed by atoms with Gasteiger partial charge in [-0.05, 0) is 43.6 Å². The number of piperidine rings is 1. The van der Waals surface area contributed by atoms with E-state index in [0.29, 0.717) is 0 Å². The molecule has 0 aliphatic carbocycles. The first-order valence-electron chi connectivity index (χ1n) is 6.08. The summed E-state index contributed by atoms with van der Waals surface area (Å²) in [6.07, 6.45) is 0.721. The van der Waals surface area contributed by atoms with Crippen molar-refractivity contribution in [3.8, 4) is 0 Å². The van der Waals surface area contributed by atoms with Crippen LogP contribution in [0.5, 0.6) is 0 Å². The van der Waals surface area contributed by atoms with Crippen LogP contribution in [0, 0.1) is 11.7 Å². The highest BCUT2D eigenvalue weighted by Gasteiger charge is 2.27. The fourth-order valence-electron chi connectivity index (χ4n) is 2.15. The molecule has 0 amide bonds. The van der Waals surface area contributed by atoms with Crippen LogP contribution in [-0.4, -0.2) is 27.5 Å². The summed E-state index contributed by atoms with van der Waals surface area (Å²) in [6, 6.07) is 3.15. The molecule has 0 aromatic heterocycles. The van der Waals surface area contributed by atoms with Crippen LogP contribution in [-0.2, 0) is 10.0 Å². The van der Waals surface area contributed by atoms with Crippen LogP contribution in [0.15, 0.2) is 23.1 Å². The van der Waals surface area contributed by atoms with Crippen LogP contribution < -0.4 is 10.0 Å². The molecule has 0 bridgehead atoms. The molecule has 1 aromatic rings. The zero-order valence-electron chi connectivity index (χ0n) is 10.5. The largest absolute Gasteiger partial charge is 0.316 e. The predicted molar refractivity (Wildman–Crippen MR) is 72.2 cm³/mol. The Morgan fingerprint density at radius 1 is 1.47 bits per heavy atom. The fourth-order valence-corrected chi connectivity index (χ4v) is 4.06. The molecule has 1 fully saturated rings. The monoisotopic (exact) mass is 306 g/mol. The van der Waals surface area contributed by atoms with E-state index in [2.05, 4.69) is 10.0 Å². The number of halogens is 2. The lowest BCUT2D eigenvalue weighted by molar-refractivity contribution is 0.328. The van der Waals surface area contributed by atoms with Gasteiger partial charge in [-0.15, -0.1) is 0 Å². The van der Waals surface area contributed by atoms with Crippen LogP contribution >= 0.6 is 11.6 Å². The van der Waals surface area contributed by atoms with Crippen molar-refractivity contribution in [2.75, 3.05) is 13.1 Å². The average molecular weight is 307 g/mol. The van der Waals surface area contributed by atoms with Crippen LogP contribution in [0.2, 0.25) is 5.02 Å². The molecule has 1 saturated heterocycles. The maximum atomic E-state index is 12.9. The Kier molecular flexibility index (Phi) is 4.45. The summed E-state index contributed by atoms with van der Waals surface area (Å²) < 4.78 is 40.1. The summed E-state index contributed by atoms with van der Waals surface area (Å²) >= 11 is 5.80. The van der Waals surface area contributed by atoms with E-state index in [1.54, 1.807) is 0 Å². The molecule has 7 heteroatoms. The van der Waals surface area contributed by atoms with Gasteiger partial charge in [0.2, 0.25) is 10.0 Å². The molecule has 2 rings (SSSR count). The minimum Gasteiger partial charge on any atom is -0.316 e. The van der Waals surface area contributed by atoms with Gasteiger partial charge < -0.3 is 5.32 Å². The second-order valence-electron chi connectivity index (χ2n) is 4.77. The van der Waals surface area contributed by atoms with E-state index in [4.69, 9.17) is 11.6 Å². The van der Waals surface area contributed by atoms with Crippen LogP contribution in [0.3, 0.4) is 0 Å². The Bertz CT molecular complexity index is 565. The number of rotatable bonds is 3. The number of hydrogen-bond acceptors (Lipinski definition) is 3. The fraction of sp³-hybridized carbons (Fsp3) is 0.500. The third kappa shape index (κ3) is 3.45. The molecule has 106 valence electrons. The van der Waals surface area contributed by atoms with Crippen molar-refractivity contribution < 1.29 is 12.8 Å². The lowest BCUT2D eigenvalue weighted by Crippen LogP contribution is -2.48. The number of nitrogens with one attached hydrogen (secondary N) is 2. The summed E-state index contributed by atoms with van der Waals surface area (Å²) in [5.41, 5.74) is 0.